The number of piperazine rings is 1. The van der Waals surface area contributed by atoms with E-state index in [0.717, 1.165) is 24.8 Å². The highest BCUT2D eigenvalue weighted by molar-refractivity contribution is 5.95. The van der Waals surface area contributed by atoms with Crippen LogP contribution in [0.25, 0.3) is 0 Å². The van der Waals surface area contributed by atoms with Crippen LogP contribution < -0.4 is 5.32 Å². The predicted octanol–water partition coefficient (Wildman–Crippen LogP) is 1.24. The highest BCUT2D eigenvalue weighted by atomic mass is 16.2. The van der Waals surface area contributed by atoms with E-state index in [-0.39, 0.29) is 24.4 Å². The van der Waals surface area contributed by atoms with Crippen LogP contribution in [-0.4, -0.2) is 29.3 Å². The molecule has 1 aliphatic heterocycles. The number of hydrogen-bond acceptors (Lipinski definition) is 2. The Balaban J connectivity index is 1.85. The lowest BCUT2D eigenvalue weighted by Gasteiger charge is -2.42. The van der Waals surface area contributed by atoms with Crippen LogP contribution in [0.3, 0.4) is 0 Å². The third-order valence-corrected chi connectivity index (χ3v) is 3.80. The minimum Gasteiger partial charge on any atom is -0.339 e. The Kier molecular flexibility index (Phi) is 2.78. The summed E-state index contributed by atoms with van der Waals surface area (Å²) < 4.78 is 0. The van der Waals surface area contributed by atoms with Gasteiger partial charge in [-0.05, 0) is 24.8 Å². The van der Waals surface area contributed by atoms with E-state index in [1.165, 1.54) is 0 Å². The third-order valence-electron chi connectivity index (χ3n) is 3.80. The van der Waals surface area contributed by atoms with E-state index in [0.29, 0.717) is 0 Å². The van der Waals surface area contributed by atoms with E-state index >= 15 is 0 Å². The molecule has 0 bridgehead atoms. The smallest absolute Gasteiger partial charge is 0.250 e. The van der Waals surface area contributed by atoms with Crippen LogP contribution in [0.4, 0.5) is 0 Å². The molecule has 1 saturated heterocycles. The van der Waals surface area contributed by atoms with Gasteiger partial charge in [-0.15, -0.1) is 0 Å². The fourth-order valence-corrected chi connectivity index (χ4v) is 2.55. The van der Waals surface area contributed by atoms with Crippen LogP contribution in [-0.2, 0) is 9.59 Å². The van der Waals surface area contributed by atoms with Crippen molar-refractivity contribution in [3.05, 3.63) is 35.9 Å². The molecule has 0 radical (unpaired) electrons. The van der Waals surface area contributed by atoms with Gasteiger partial charge in [0.2, 0.25) is 5.91 Å². The average molecular weight is 244 g/mol. The summed E-state index contributed by atoms with van der Waals surface area (Å²) in [6.45, 7) is 0.215. The standard InChI is InChI=1S/C14H16N2O2/c17-12-9-16(11-7-4-8-11)14(18)13(15-12)10-5-2-1-3-6-10/h1-3,5-6,11,13H,4,7-9H2,(H,15,17). The third kappa shape index (κ3) is 1.88. The van der Waals surface area contributed by atoms with E-state index in [4.69, 9.17) is 0 Å². The zero-order valence-electron chi connectivity index (χ0n) is 10.1. The molecule has 1 aliphatic carbocycles. The Bertz CT molecular complexity index is 468. The van der Waals surface area contributed by atoms with Crippen molar-refractivity contribution >= 4 is 11.8 Å². The van der Waals surface area contributed by atoms with Gasteiger partial charge in [0.15, 0.2) is 0 Å². The van der Waals surface area contributed by atoms with Crippen molar-refractivity contribution in [1.82, 2.24) is 10.2 Å². The molecule has 2 amide bonds. The molecule has 0 spiro atoms. The summed E-state index contributed by atoms with van der Waals surface area (Å²) in [5.74, 6) is -0.0270. The summed E-state index contributed by atoms with van der Waals surface area (Å²) in [6, 6.07) is 9.21. The molecule has 1 saturated carbocycles. The average Bonchev–Trinajstić information content (AvgIpc) is 2.32. The van der Waals surface area contributed by atoms with Crippen molar-refractivity contribution in [3.8, 4) is 0 Å². The van der Waals surface area contributed by atoms with Gasteiger partial charge < -0.3 is 10.2 Å². The number of nitrogens with zero attached hydrogens (tertiary/aromatic N) is 1. The molecule has 94 valence electrons. The first kappa shape index (κ1) is 11.3. The monoisotopic (exact) mass is 244 g/mol. The number of amides is 2. The van der Waals surface area contributed by atoms with E-state index in [1.807, 2.05) is 30.3 Å². The van der Waals surface area contributed by atoms with Crippen molar-refractivity contribution in [1.29, 1.82) is 0 Å². The van der Waals surface area contributed by atoms with E-state index in [2.05, 4.69) is 5.32 Å². The number of carbonyl (C=O) groups is 2. The quantitative estimate of drug-likeness (QED) is 0.851. The Labute approximate surface area is 106 Å². The number of rotatable bonds is 2. The zero-order chi connectivity index (χ0) is 12.5. The van der Waals surface area contributed by atoms with Crippen LogP contribution in [0.1, 0.15) is 30.9 Å². The van der Waals surface area contributed by atoms with Gasteiger partial charge in [-0.2, -0.15) is 0 Å². The summed E-state index contributed by atoms with van der Waals surface area (Å²) in [5.41, 5.74) is 0.861. The molecule has 18 heavy (non-hydrogen) atoms. The second kappa shape index (κ2) is 4.44. The first-order chi connectivity index (χ1) is 8.75. The molecular weight excluding hydrogens is 228 g/mol. The minimum absolute atomic E-state index is 0.0329. The molecule has 4 nitrogen and oxygen atoms in total. The minimum atomic E-state index is -0.506. The lowest BCUT2D eigenvalue weighted by Crippen LogP contribution is -2.58. The van der Waals surface area contributed by atoms with Crippen molar-refractivity contribution < 1.29 is 9.59 Å². The highest BCUT2D eigenvalue weighted by Gasteiger charge is 2.38. The van der Waals surface area contributed by atoms with Crippen LogP contribution in [0.5, 0.6) is 0 Å². The number of benzene rings is 1. The Morgan fingerprint density at radius 2 is 1.83 bits per heavy atom. The Morgan fingerprint density at radius 3 is 2.44 bits per heavy atom. The van der Waals surface area contributed by atoms with Gasteiger partial charge in [-0.3, -0.25) is 9.59 Å². The number of nitrogens with one attached hydrogen (secondary N) is 1. The largest absolute Gasteiger partial charge is 0.339 e. The van der Waals surface area contributed by atoms with Gasteiger partial charge in [0.25, 0.3) is 5.91 Å². The molecule has 4 heteroatoms. The fraction of sp³-hybridized carbons (Fsp3) is 0.429. The van der Waals surface area contributed by atoms with Gasteiger partial charge in [-0.25, -0.2) is 0 Å². The fourth-order valence-electron chi connectivity index (χ4n) is 2.55. The summed E-state index contributed by atoms with van der Waals surface area (Å²) >= 11 is 0. The lowest BCUT2D eigenvalue weighted by atomic mass is 9.89. The maximum absolute atomic E-state index is 12.4. The Morgan fingerprint density at radius 1 is 1.11 bits per heavy atom. The molecule has 1 N–H and O–H groups in total. The first-order valence-corrected chi connectivity index (χ1v) is 6.40. The van der Waals surface area contributed by atoms with Crippen LogP contribution in [0.15, 0.2) is 30.3 Å². The molecule has 2 aliphatic rings. The predicted molar refractivity (Wildman–Crippen MR) is 66.7 cm³/mol. The summed E-state index contributed by atoms with van der Waals surface area (Å²) in [7, 11) is 0. The maximum atomic E-state index is 12.4. The topological polar surface area (TPSA) is 49.4 Å². The van der Waals surface area contributed by atoms with Gasteiger partial charge in [0, 0.05) is 6.04 Å². The van der Waals surface area contributed by atoms with E-state index in [9.17, 15) is 9.59 Å². The molecule has 2 fully saturated rings. The zero-order valence-corrected chi connectivity index (χ0v) is 10.1. The molecule has 1 atom stereocenters. The van der Waals surface area contributed by atoms with Crippen molar-refractivity contribution in [2.24, 2.45) is 0 Å². The summed E-state index contributed by atoms with van der Waals surface area (Å²) in [5, 5.41) is 2.79. The molecule has 1 aromatic carbocycles. The van der Waals surface area contributed by atoms with Crippen molar-refractivity contribution in [2.45, 2.75) is 31.3 Å². The summed E-state index contributed by atoms with van der Waals surface area (Å²) in [4.78, 5) is 25.9. The SMILES string of the molecule is O=C1CN(C2CCC2)C(=O)C(c2ccccc2)N1. The van der Waals surface area contributed by atoms with Gasteiger partial charge in [-0.1, -0.05) is 30.3 Å². The Hall–Kier alpha value is -1.84. The lowest BCUT2D eigenvalue weighted by molar-refractivity contribution is -0.148. The molecule has 1 unspecified atom stereocenters. The van der Waals surface area contributed by atoms with Gasteiger partial charge in [0.1, 0.15) is 6.04 Å². The normalized spacial score (nSPS) is 24.7. The maximum Gasteiger partial charge on any atom is 0.250 e. The second-order valence-electron chi connectivity index (χ2n) is 4.96. The number of carbonyl (C=O) groups excluding carboxylic acids is 2. The van der Waals surface area contributed by atoms with Crippen LogP contribution in [0.2, 0.25) is 0 Å². The number of hydrogen-bond donors (Lipinski definition) is 1. The molecule has 1 aromatic rings. The van der Waals surface area contributed by atoms with Gasteiger partial charge in [0.05, 0.1) is 6.54 Å². The van der Waals surface area contributed by atoms with Crippen molar-refractivity contribution in [2.75, 3.05) is 6.54 Å². The molecule has 0 aromatic heterocycles. The highest BCUT2D eigenvalue weighted by Crippen LogP contribution is 2.29. The molecule has 1 heterocycles. The van der Waals surface area contributed by atoms with Gasteiger partial charge >= 0.3 is 0 Å². The van der Waals surface area contributed by atoms with Crippen LogP contribution >= 0.6 is 0 Å². The second-order valence-corrected chi connectivity index (χ2v) is 4.96. The first-order valence-electron chi connectivity index (χ1n) is 6.40. The van der Waals surface area contributed by atoms with Crippen LogP contribution in [0, 0.1) is 0 Å². The van der Waals surface area contributed by atoms with Crippen molar-refractivity contribution in [3.63, 3.8) is 0 Å². The van der Waals surface area contributed by atoms with E-state index in [1.54, 1.807) is 4.90 Å². The molecular formula is C14H16N2O2. The summed E-state index contributed by atoms with van der Waals surface area (Å²) in [6.07, 6.45) is 3.22. The van der Waals surface area contributed by atoms with E-state index < -0.39 is 6.04 Å². The molecule has 3 rings (SSSR count).